The zero-order valence-electron chi connectivity index (χ0n) is 19.3. The molecule has 6 nitrogen and oxygen atoms in total. The molecule has 0 radical (unpaired) electrons. The summed E-state index contributed by atoms with van der Waals surface area (Å²) in [6.45, 7) is 11.0. The lowest BCUT2D eigenvalue weighted by molar-refractivity contribution is 0.289. The van der Waals surface area contributed by atoms with Crippen molar-refractivity contribution in [1.29, 1.82) is 0 Å². The molecular weight excluding hydrogens is 420 g/mol. The molecule has 1 aromatic rings. The van der Waals surface area contributed by atoms with Gasteiger partial charge in [-0.15, -0.1) is 0 Å². The van der Waals surface area contributed by atoms with Crippen LogP contribution in [-0.2, 0) is 20.0 Å². The van der Waals surface area contributed by atoms with Gasteiger partial charge in [0.25, 0.3) is 0 Å². The van der Waals surface area contributed by atoms with Crippen molar-refractivity contribution in [2.75, 3.05) is 38.7 Å². The van der Waals surface area contributed by atoms with Crippen molar-refractivity contribution in [3.8, 4) is 0 Å². The van der Waals surface area contributed by atoms with Gasteiger partial charge in [0, 0.05) is 26.2 Å². The van der Waals surface area contributed by atoms with Crippen LogP contribution in [0, 0.1) is 19.8 Å². The summed E-state index contributed by atoms with van der Waals surface area (Å²) in [6, 6.07) is 8.48. The highest BCUT2D eigenvalue weighted by atomic mass is 32.2. The Bertz CT molecular complexity index is 863. The smallest absolute Gasteiger partial charge is 0.211 e. The minimum atomic E-state index is -2.96. The Morgan fingerprint density at radius 2 is 1.20 bits per heavy atom. The van der Waals surface area contributed by atoms with Crippen molar-refractivity contribution in [3.63, 3.8) is 0 Å². The first-order valence-electron chi connectivity index (χ1n) is 10.4. The molecule has 0 aromatic heterocycles. The molecule has 0 saturated carbocycles. The van der Waals surface area contributed by atoms with Crippen LogP contribution in [-0.4, -0.2) is 64.1 Å². The van der Waals surface area contributed by atoms with Gasteiger partial charge in [0.15, 0.2) is 0 Å². The molecule has 0 aliphatic carbocycles. The summed E-state index contributed by atoms with van der Waals surface area (Å²) < 4.78 is 47.1. The van der Waals surface area contributed by atoms with E-state index < -0.39 is 20.0 Å². The van der Waals surface area contributed by atoms with Crippen molar-refractivity contribution >= 4 is 20.0 Å². The Hall–Kier alpha value is -1.22. The van der Waals surface area contributed by atoms with Gasteiger partial charge in [-0.25, -0.2) is 21.1 Å². The van der Waals surface area contributed by atoms with Gasteiger partial charge in [-0.2, -0.15) is 4.31 Å². The maximum Gasteiger partial charge on any atom is 0.211 e. The van der Waals surface area contributed by atoms with Gasteiger partial charge < -0.3 is 0 Å². The maximum absolute atomic E-state index is 11.0. The monoisotopic (exact) mass is 458 g/mol. The number of rotatable bonds is 2. The molecule has 0 N–H and O–H groups in total. The summed E-state index contributed by atoms with van der Waals surface area (Å²) >= 11 is 0. The molecule has 0 bridgehead atoms. The van der Waals surface area contributed by atoms with Crippen LogP contribution in [0.4, 0.5) is 0 Å². The quantitative estimate of drug-likeness (QED) is 0.635. The lowest BCUT2D eigenvalue weighted by Crippen LogP contribution is -2.37. The molecule has 2 aliphatic heterocycles. The summed E-state index contributed by atoms with van der Waals surface area (Å²) in [5.41, 5.74) is 3.94. The van der Waals surface area contributed by atoms with E-state index in [4.69, 9.17) is 0 Å². The summed E-state index contributed by atoms with van der Waals surface area (Å²) in [4.78, 5) is 0. The van der Waals surface area contributed by atoms with Gasteiger partial charge in [0.2, 0.25) is 20.0 Å². The average molecular weight is 459 g/mol. The van der Waals surface area contributed by atoms with E-state index in [0.29, 0.717) is 32.1 Å². The highest BCUT2D eigenvalue weighted by Crippen LogP contribution is 2.17. The summed E-state index contributed by atoms with van der Waals surface area (Å²) in [6.07, 6.45) is 7.38. The van der Waals surface area contributed by atoms with Crippen LogP contribution in [0.3, 0.4) is 0 Å². The van der Waals surface area contributed by atoms with E-state index in [2.05, 4.69) is 45.0 Å². The Balaban J connectivity index is 0.000000228. The zero-order chi connectivity index (χ0) is 22.9. The van der Waals surface area contributed by atoms with Crippen molar-refractivity contribution < 1.29 is 16.8 Å². The second-order valence-corrected chi connectivity index (χ2v) is 12.4. The fraction of sp³-hybridized carbons (Fsp3) is 0.636. The molecule has 0 unspecified atom stereocenters. The Labute approximate surface area is 184 Å². The van der Waals surface area contributed by atoms with E-state index >= 15 is 0 Å². The average Bonchev–Trinajstić information content (AvgIpc) is 2.64. The van der Waals surface area contributed by atoms with Crippen molar-refractivity contribution in [2.24, 2.45) is 5.92 Å². The summed E-state index contributed by atoms with van der Waals surface area (Å²) in [5.74, 6) is 0.688. The van der Waals surface area contributed by atoms with E-state index in [9.17, 15) is 16.8 Å². The Morgan fingerprint density at radius 1 is 0.767 bits per heavy atom. The van der Waals surface area contributed by atoms with Crippen molar-refractivity contribution in [3.05, 3.63) is 47.0 Å². The first-order chi connectivity index (χ1) is 13.8. The third kappa shape index (κ3) is 10.7. The molecule has 0 atom stereocenters. The van der Waals surface area contributed by atoms with Gasteiger partial charge in [-0.3, -0.25) is 0 Å². The molecule has 0 amide bonds. The van der Waals surface area contributed by atoms with Gasteiger partial charge >= 0.3 is 0 Å². The number of aryl methyl sites for hydroxylation is 2. The highest BCUT2D eigenvalue weighted by molar-refractivity contribution is 7.88. The van der Waals surface area contributed by atoms with E-state index in [1.807, 2.05) is 13.0 Å². The number of benzene rings is 1. The number of hydrogen-bond donors (Lipinski definition) is 0. The standard InChI is InChI=1S/C8H10.C7H15NO2S.C7H13NO2S/c1-7-3-5-8(2)6-4-7;2*1-7-3-5-8(6-4-7)11(2,9)10/h3-6H,1-2H3;7H,3-6H2,1-2H3;3H,4-6H2,1-2H3. The fourth-order valence-electron chi connectivity index (χ4n) is 3.01. The summed E-state index contributed by atoms with van der Waals surface area (Å²) in [7, 11) is -5.88. The highest BCUT2D eigenvalue weighted by Gasteiger charge is 2.22. The molecule has 2 aliphatic rings. The van der Waals surface area contributed by atoms with E-state index in [1.54, 1.807) is 4.31 Å². The molecule has 1 aromatic carbocycles. The van der Waals surface area contributed by atoms with Crippen LogP contribution in [0.5, 0.6) is 0 Å². The van der Waals surface area contributed by atoms with Crippen LogP contribution >= 0.6 is 0 Å². The molecule has 3 rings (SSSR count). The molecule has 1 saturated heterocycles. The van der Waals surface area contributed by atoms with Crippen LogP contribution in [0.15, 0.2) is 35.9 Å². The maximum atomic E-state index is 11.0. The molecule has 0 spiro atoms. The number of hydrogen-bond acceptors (Lipinski definition) is 4. The van der Waals surface area contributed by atoms with E-state index in [1.165, 1.54) is 33.5 Å². The second kappa shape index (κ2) is 12.0. The minimum Gasteiger partial charge on any atom is -0.213 e. The Kier molecular flexibility index (Phi) is 10.7. The molecule has 8 heteroatoms. The van der Waals surface area contributed by atoms with Gasteiger partial charge in [0.1, 0.15) is 0 Å². The predicted molar refractivity (Wildman–Crippen MR) is 126 cm³/mol. The third-order valence-corrected chi connectivity index (χ3v) is 7.87. The van der Waals surface area contributed by atoms with Crippen LogP contribution in [0.2, 0.25) is 0 Å². The second-order valence-electron chi connectivity index (χ2n) is 8.42. The third-order valence-electron chi connectivity index (χ3n) is 5.30. The first-order valence-corrected chi connectivity index (χ1v) is 14.1. The topological polar surface area (TPSA) is 74.8 Å². The van der Waals surface area contributed by atoms with Crippen LogP contribution < -0.4 is 0 Å². The van der Waals surface area contributed by atoms with Gasteiger partial charge in [-0.05, 0) is 46.0 Å². The lowest BCUT2D eigenvalue weighted by atomic mass is 10.0. The summed E-state index contributed by atoms with van der Waals surface area (Å²) in [5, 5.41) is 0. The number of sulfonamides is 2. The molecule has 172 valence electrons. The van der Waals surface area contributed by atoms with Crippen LogP contribution in [0.1, 0.15) is 44.2 Å². The number of nitrogens with zero attached hydrogens (tertiary/aromatic N) is 2. The normalized spacial score (nSPS) is 19.1. The SMILES string of the molecule is CC1=CCN(S(C)(=O)=O)CC1.CC1CCN(S(C)(=O)=O)CC1.Cc1ccc(C)cc1. The molecule has 1 fully saturated rings. The van der Waals surface area contributed by atoms with Gasteiger partial charge in [0.05, 0.1) is 12.5 Å². The minimum absolute atomic E-state index is 0.546. The van der Waals surface area contributed by atoms with Crippen molar-refractivity contribution in [2.45, 2.75) is 47.0 Å². The largest absolute Gasteiger partial charge is 0.213 e. The lowest BCUT2D eigenvalue weighted by Gasteiger charge is -2.27. The molecular formula is C22H38N2O4S2. The number of piperidine rings is 1. The van der Waals surface area contributed by atoms with Crippen LogP contribution in [0.25, 0.3) is 0 Å². The van der Waals surface area contributed by atoms with E-state index in [-0.39, 0.29) is 0 Å². The van der Waals surface area contributed by atoms with Crippen molar-refractivity contribution in [1.82, 2.24) is 8.61 Å². The first kappa shape index (κ1) is 26.8. The molecule has 30 heavy (non-hydrogen) atoms. The predicted octanol–water partition coefficient (Wildman–Crippen LogP) is 3.58. The zero-order valence-corrected chi connectivity index (χ0v) is 20.9. The Morgan fingerprint density at radius 3 is 1.53 bits per heavy atom. The molecule has 2 heterocycles. The van der Waals surface area contributed by atoms with E-state index in [0.717, 1.165) is 19.3 Å². The van der Waals surface area contributed by atoms with Gasteiger partial charge in [-0.1, -0.05) is 54.0 Å². The fourth-order valence-corrected chi connectivity index (χ4v) is 4.65.